The molecule has 0 aromatic rings. The highest BCUT2D eigenvalue weighted by Crippen LogP contribution is 2.12. The third-order valence-electron chi connectivity index (χ3n) is 2.13. The molecule has 0 aliphatic carbocycles. The molecule has 4 nitrogen and oxygen atoms in total. The lowest BCUT2D eigenvalue weighted by atomic mass is 10.2. The normalized spacial score (nSPS) is 21.9. The molecule has 1 aliphatic heterocycles. The van der Waals surface area contributed by atoms with Gasteiger partial charge in [-0.3, -0.25) is 0 Å². The molecule has 0 saturated carbocycles. The Balaban J connectivity index is 0.00000196. The third kappa shape index (κ3) is 4.71. The van der Waals surface area contributed by atoms with Crippen molar-refractivity contribution < 1.29 is 9.53 Å². The van der Waals surface area contributed by atoms with E-state index < -0.39 is 5.60 Å². The minimum absolute atomic E-state index is 0. The van der Waals surface area contributed by atoms with Gasteiger partial charge in [0.2, 0.25) is 0 Å². The van der Waals surface area contributed by atoms with E-state index in [0.717, 1.165) is 19.6 Å². The number of amides is 1. The van der Waals surface area contributed by atoms with Gasteiger partial charge in [0, 0.05) is 25.7 Å². The zero-order chi connectivity index (χ0) is 10.8. The van der Waals surface area contributed by atoms with Gasteiger partial charge in [0.1, 0.15) is 5.60 Å². The van der Waals surface area contributed by atoms with Crippen LogP contribution in [-0.4, -0.2) is 42.3 Å². The number of carbonyl (C=O) groups excluding carboxylic acids is 1. The molecule has 0 radical (unpaired) electrons. The van der Waals surface area contributed by atoms with Crippen LogP contribution in [0.2, 0.25) is 0 Å². The number of hydrogen-bond acceptors (Lipinski definition) is 3. The average molecular weight is 237 g/mol. The van der Waals surface area contributed by atoms with Crippen molar-refractivity contribution in [3.05, 3.63) is 0 Å². The van der Waals surface area contributed by atoms with Crippen molar-refractivity contribution in [2.45, 2.75) is 39.3 Å². The van der Waals surface area contributed by atoms with Crippen molar-refractivity contribution in [3.8, 4) is 0 Å². The minimum Gasteiger partial charge on any atom is -0.444 e. The van der Waals surface area contributed by atoms with E-state index in [1.165, 1.54) is 0 Å². The van der Waals surface area contributed by atoms with Crippen LogP contribution in [-0.2, 0) is 4.74 Å². The molecule has 1 N–H and O–H groups in total. The van der Waals surface area contributed by atoms with Crippen LogP contribution < -0.4 is 5.32 Å². The predicted octanol–water partition coefficient (Wildman–Crippen LogP) is 1.64. The molecule has 1 rings (SSSR count). The molecule has 1 fully saturated rings. The summed E-state index contributed by atoms with van der Waals surface area (Å²) in [4.78, 5) is 13.5. The first-order valence-electron chi connectivity index (χ1n) is 5.10. The lowest BCUT2D eigenvalue weighted by Gasteiger charge is -2.35. The van der Waals surface area contributed by atoms with Gasteiger partial charge < -0.3 is 15.0 Å². The summed E-state index contributed by atoms with van der Waals surface area (Å²) >= 11 is 0. The van der Waals surface area contributed by atoms with Crippen LogP contribution in [0.15, 0.2) is 0 Å². The summed E-state index contributed by atoms with van der Waals surface area (Å²) in [5.41, 5.74) is -0.401. The number of carbonyl (C=O) groups is 1. The first kappa shape index (κ1) is 14.5. The Labute approximate surface area is 97.8 Å². The van der Waals surface area contributed by atoms with E-state index in [1.54, 1.807) is 4.90 Å². The highest BCUT2D eigenvalue weighted by molar-refractivity contribution is 5.85. The summed E-state index contributed by atoms with van der Waals surface area (Å²) in [5, 5.41) is 3.23. The molecule has 1 aliphatic rings. The van der Waals surface area contributed by atoms with Crippen LogP contribution in [0.4, 0.5) is 4.79 Å². The highest BCUT2D eigenvalue weighted by atomic mass is 35.5. The van der Waals surface area contributed by atoms with Crippen LogP contribution in [0.3, 0.4) is 0 Å². The van der Waals surface area contributed by atoms with Crippen LogP contribution in [0.1, 0.15) is 27.7 Å². The summed E-state index contributed by atoms with van der Waals surface area (Å²) in [5.74, 6) is 0. The summed E-state index contributed by atoms with van der Waals surface area (Å²) in [7, 11) is 0. The molecule has 5 heteroatoms. The summed E-state index contributed by atoms with van der Waals surface area (Å²) in [6, 6.07) is 0.221. The van der Waals surface area contributed by atoms with Crippen molar-refractivity contribution >= 4 is 18.5 Å². The Bertz CT molecular complexity index is 216. The number of nitrogens with zero attached hydrogens (tertiary/aromatic N) is 1. The van der Waals surface area contributed by atoms with Crippen molar-refractivity contribution in [2.75, 3.05) is 19.6 Å². The van der Waals surface area contributed by atoms with Gasteiger partial charge in [-0.15, -0.1) is 12.4 Å². The number of rotatable bonds is 0. The highest BCUT2D eigenvalue weighted by Gasteiger charge is 2.27. The number of ether oxygens (including phenoxy) is 1. The Morgan fingerprint density at radius 1 is 1.47 bits per heavy atom. The van der Waals surface area contributed by atoms with Gasteiger partial charge in [0.25, 0.3) is 0 Å². The minimum atomic E-state index is -0.401. The molecule has 1 saturated heterocycles. The van der Waals surface area contributed by atoms with Crippen molar-refractivity contribution in [2.24, 2.45) is 0 Å². The van der Waals surface area contributed by atoms with E-state index >= 15 is 0 Å². The van der Waals surface area contributed by atoms with E-state index in [-0.39, 0.29) is 24.5 Å². The van der Waals surface area contributed by atoms with Gasteiger partial charge in [0.05, 0.1) is 0 Å². The lowest BCUT2D eigenvalue weighted by molar-refractivity contribution is 0.0141. The summed E-state index contributed by atoms with van der Waals surface area (Å²) < 4.78 is 5.31. The molecule has 0 spiro atoms. The standard InChI is InChI=1S/C10H20N2O2.ClH/c1-8-7-11-5-6-12(8)9(13)14-10(2,3)4;/h8,11H,5-7H2,1-4H3;1H/t8-;/m0./s1. The molecular weight excluding hydrogens is 216 g/mol. The average Bonchev–Trinajstić information content (AvgIpc) is 2.01. The van der Waals surface area contributed by atoms with Gasteiger partial charge in [0.15, 0.2) is 0 Å². The second-order valence-corrected chi connectivity index (χ2v) is 4.73. The Morgan fingerprint density at radius 2 is 2.07 bits per heavy atom. The second kappa shape index (κ2) is 5.56. The number of hydrogen-bond donors (Lipinski definition) is 1. The molecule has 0 aromatic heterocycles. The molecule has 90 valence electrons. The largest absolute Gasteiger partial charge is 0.444 e. The molecule has 1 amide bonds. The van der Waals surface area contributed by atoms with Crippen molar-refractivity contribution in [3.63, 3.8) is 0 Å². The maximum Gasteiger partial charge on any atom is 0.410 e. The molecule has 0 unspecified atom stereocenters. The Hall–Kier alpha value is -0.480. The quantitative estimate of drug-likeness (QED) is 0.695. The Morgan fingerprint density at radius 3 is 2.53 bits per heavy atom. The Kier molecular flexibility index (Phi) is 5.38. The lowest BCUT2D eigenvalue weighted by Crippen LogP contribution is -2.53. The second-order valence-electron chi connectivity index (χ2n) is 4.73. The van der Waals surface area contributed by atoms with Gasteiger partial charge in [-0.1, -0.05) is 0 Å². The molecular formula is C10H21ClN2O2. The van der Waals surface area contributed by atoms with Crippen LogP contribution in [0.25, 0.3) is 0 Å². The zero-order valence-corrected chi connectivity index (χ0v) is 10.7. The molecule has 1 atom stereocenters. The van der Waals surface area contributed by atoms with Crippen molar-refractivity contribution in [1.82, 2.24) is 10.2 Å². The number of nitrogens with one attached hydrogen (secondary N) is 1. The summed E-state index contributed by atoms with van der Waals surface area (Å²) in [6.45, 7) is 10.1. The predicted molar refractivity (Wildman–Crippen MR) is 62.5 cm³/mol. The van der Waals surface area contributed by atoms with Crippen molar-refractivity contribution in [1.29, 1.82) is 0 Å². The van der Waals surface area contributed by atoms with E-state index in [2.05, 4.69) is 5.32 Å². The molecule has 1 heterocycles. The first-order valence-corrected chi connectivity index (χ1v) is 5.10. The van der Waals surface area contributed by atoms with Gasteiger partial charge >= 0.3 is 6.09 Å². The van der Waals surface area contributed by atoms with Gasteiger partial charge in [-0.25, -0.2) is 4.79 Å². The zero-order valence-electron chi connectivity index (χ0n) is 9.87. The van der Waals surface area contributed by atoms with Crippen LogP contribution in [0, 0.1) is 0 Å². The van der Waals surface area contributed by atoms with E-state index in [9.17, 15) is 4.79 Å². The van der Waals surface area contributed by atoms with Crippen LogP contribution in [0.5, 0.6) is 0 Å². The number of halogens is 1. The van der Waals surface area contributed by atoms with Crippen LogP contribution >= 0.6 is 12.4 Å². The fourth-order valence-electron chi connectivity index (χ4n) is 1.43. The fourth-order valence-corrected chi connectivity index (χ4v) is 1.43. The monoisotopic (exact) mass is 236 g/mol. The van der Waals surface area contributed by atoms with E-state index in [4.69, 9.17) is 4.74 Å². The number of piperazine rings is 1. The van der Waals surface area contributed by atoms with E-state index in [1.807, 2.05) is 27.7 Å². The van der Waals surface area contributed by atoms with Gasteiger partial charge in [-0.05, 0) is 27.7 Å². The SMILES string of the molecule is C[C@H]1CNCCN1C(=O)OC(C)(C)C.Cl. The maximum absolute atomic E-state index is 11.7. The first-order chi connectivity index (χ1) is 6.40. The van der Waals surface area contributed by atoms with Gasteiger partial charge in [-0.2, -0.15) is 0 Å². The topological polar surface area (TPSA) is 41.6 Å². The summed E-state index contributed by atoms with van der Waals surface area (Å²) in [6.07, 6.45) is -0.202. The molecule has 0 aromatic carbocycles. The third-order valence-corrected chi connectivity index (χ3v) is 2.13. The molecule has 0 bridgehead atoms. The molecule has 15 heavy (non-hydrogen) atoms. The van der Waals surface area contributed by atoms with E-state index in [0.29, 0.717) is 0 Å². The fraction of sp³-hybridized carbons (Fsp3) is 0.900. The smallest absolute Gasteiger partial charge is 0.410 e. The maximum atomic E-state index is 11.7.